The quantitative estimate of drug-likeness (QED) is 0.895. The number of carboxylic acid groups (broad SMARTS) is 1. The first-order chi connectivity index (χ1) is 8.54. The number of hydrogen-bond acceptors (Lipinski definition) is 3. The fourth-order valence-electron chi connectivity index (χ4n) is 2.73. The predicted molar refractivity (Wildman–Crippen MR) is 70.6 cm³/mol. The van der Waals surface area contributed by atoms with Crippen LogP contribution in [0.15, 0.2) is 18.2 Å². The minimum Gasteiger partial charge on any atom is -0.496 e. The van der Waals surface area contributed by atoms with E-state index in [0.29, 0.717) is 17.8 Å². The molecule has 0 spiro atoms. The first kappa shape index (κ1) is 12.7. The van der Waals surface area contributed by atoms with Gasteiger partial charge >= 0.3 is 5.97 Å². The second-order valence-corrected chi connectivity index (χ2v) is 4.87. The number of aromatic carboxylic acids is 1. The van der Waals surface area contributed by atoms with Crippen molar-refractivity contribution >= 4 is 11.7 Å². The van der Waals surface area contributed by atoms with Gasteiger partial charge in [-0.15, -0.1) is 0 Å². The molecule has 2 rings (SSSR count). The van der Waals surface area contributed by atoms with Gasteiger partial charge in [0.15, 0.2) is 0 Å². The van der Waals surface area contributed by atoms with E-state index in [1.807, 2.05) is 6.07 Å². The van der Waals surface area contributed by atoms with Crippen LogP contribution in [-0.2, 0) is 0 Å². The molecule has 98 valence electrons. The number of ether oxygens (including phenoxy) is 1. The lowest BCUT2D eigenvalue weighted by Gasteiger charge is -2.29. The number of methoxy groups -OCH3 is 1. The van der Waals surface area contributed by atoms with Crippen molar-refractivity contribution < 1.29 is 14.6 Å². The third kappa shape index (κ3) is 2.15. The Bertz CT molecular complexity index is 448. The van der Waals surface area contributed by atoms with E-state index < -0.39 is 5.97 Å². The molecule has 18 heavy (non-hydrogen) atoms. The highest BCUT2D eigenvalue weighted by Crippen LogP contribution is 2.33. The van der Waals surface area contributed by atoms with Crippen molar-refractivity contribution in [2.45, 2.75) is 38.8 Å². The maximum absolute atomic E-state index is 11.2. The second kappa shape index (κ2) is 4.88. The minimum atomic E-state index is -0.951. The van der Waals surface area contributed by atoms with Crippen molar-refractivity contribution in [2.24, 2.45) is 0 Å². The Kier molecular flexibility index (Phi) is 3.45. The van der Waals surface area contributed by atoms with E-state index in [1.165, 1.54) is 7.11 Å². The van der Waals surface area contributed by atoms with Gasteiger partial charge in [-0.05, 0) is 44.9 Å². The fraction of sp³-hybridized carbons (Fsp3) is 0.500. The van der Waals surface area contributed by atoms with Crippen LogP contribution in [0.2, 0.25) is 0 Å². The molecule has 0 aliphatic carbocycles. The molecule has 0 radical (unpaired) electrons. The molecule has 1 saturated heterocycles. The molecule has 1 fully saturated rings. The molecule has 4 nitrogen and oxygen atoms in total. The summed E-state index contributed by atoms with van der Waals surface area (Å²) < 4.78 is 5.08. The third-order valence-electron chi connectivity index (χ3n) is 3.66. The van der Waals surface area contributed by atoms with Crippen LogP contribution >= 0.6 is 0 Å². The number of anilines is 1. The SMILES string of the molecule is COc1ccc(N2[C@H](C)CC[C@@H]2C)cc1C(=O)O. The van der Waals surface area contributed by atoms with Gasteiger partial charge < -0.3 is 14.7 Å². The largest absolute Gasteiger partial charge is 0.496 e. The number of benzene rings is 1. The van der Waals surface area contributed by atoms with Crippen LogP contribution in [0.3, 0.4) is 0 Å². The number of carboxylic acids is 1. The molecule has 2 atom stereocenters. The molecule has 1 aliphatic heterocycles. The maximum Gasteiger partial charge on any atom is 0.339 e. The van der Waals surface area contributed by atoms with Gasteiger partial charge in [-0.3, -0.25) is 0 Å². The van der Waals surface area contributed by atoms with Crippen molar-refractivity contribution in [3.05, 3.63) is 23.8 Å². The molecule has 0 aromatic heterocycles. The summed E-state index contributed by atoms with van der Waals surface area (Å²) in [6.45, 7) is 4.35. The number of hydrogen-bond donors (Lipinski definition) is 1. The van der Waals surface area contributed by atoms with Gasteiger partial charge in [0.05, 0.1) is 7.11 Å². The summed E-state index contributed by atoms with van der Waals surface area (Å²) in [4.78, 5) is 13.5. The molecule has 0 amide bonds. The zero-order chi connectivity index (χ0) is 13.3. The van der Waals surface area contributed by atoms with Crippen molar-refractivity contribution in [3.8, 4) is 5.75 Å². The molecule has 1 aromatic rings. The van der Waals surface area contributed by atoms with Crippen LogP contribution in [0.4, 0.5) is 5.69 Å². The van der Waals surface area contributed by atoms with Gasteiger partial charge in [0.1, 0.15) is 11.3 Å². The van der Waals surface area contributed by atoms with Crippen LogP contribution in [0.1, 0.15) is 37.0 Å². The van der Waals surface area contributed by atoms with Crippen molar-refractivity contribution in [1.82, 2.24) is 0 Å². The smallest absolute Gasteiger partial charge is 0.339 e. The first-order valence-electron chi connectivity index (χ1n) is 6.24. The minimum absolute atomic E-state index is 0.223. The maximum atomic E-state index is 11.2. The van der Waals surface area contributed by atoms with E-state index in [-0.39, 0.29) is 5.56 Å². The molecule has 1 heterocycles. The number of carbonyl (C=O) groups is 1. The topological polar surface area (TPSA) is 49.8 Å². The highest BCUT2D eigenvalue weighted by atomic mass is 16.5. The van der Waals surface area contributed by atoms with E-state index in [1.54, 1.807) is 12.1 Å². The first-order valence-corrected chi connectivity index (χ1v) is 6.24. The Morgan fingerprint density at radius 1 is 1.33 bits per heavy atom. The lowest BCUT2D eigenvalue weighted by molar-refractivity contribution is 0.0693. The highest BCUT2D eigenvalue weighted by Gasteiger charge is 2.28. The zero-order valence-corrected chi connectivity index (χ0v) is 11.0. The van der Waals surface area contributed by atoms with Crippen molar-refractivity contribution in [3.63, 3.8) is 0 Å². The number of rotatable bonds is 3. The zero-order valence-electron chi connectivity index (χ0n) is 11.0. The molecule has 0 unspecified atom stereocenters. The average molecular weight is 249 g/mol. The summed E-state index contributed by atoms with van der Waals surface area (Å²) in [6.07, 6.45) is 2.30. The molecular formula is C14H19NO3. The van der Waals surface area contributed by atoms with Gasteiger partial charge in [0.2, 0.25) is 0 Å². The van der Waals surface area contributed by atoms with Crippen molar-refractivity contribution in [2.75, 3.05) is 12.0 Å². The van der Waals surface area contributed by atoms with Gasteiger partial charge in [-0.25, -0.2) is 4.79 Å². The molecule has 4 heteroatoms. The molecule has 1 aromatic carbocycles. The van der Waals surface area contributed by atoms with Crippen LogP contribution in [0, 0.1) is 0 Å². The van der Waals surface area contributed by atoms with Gasteiger partial charge in [0, 0.05) is 17.8 Å². The fourth-order valence-corrected chi connectivity index (χ4v) is 2.73. The molecule has 0 bridgehead atoms. The summed E-state index contributed by atoms with van der Waals surface area (Å²) in [6, 6.07) is 6.28. The van der Waals surface area contributed by atoms with Crippen LogP contribution in [-0.4, -0.2) is 30.3 Å². The van der Waals surface area contributed by atoms with E-state index in [9.17, 15) is 9.90 Å². The Hall–Kier alpha value is -1.71. The Morgan fingerprint density at radius 2 is 1.94 bits per heavy atom. The Balaban J connectivity index is 2.40. The van der Waals surface area contributed by atoms with E-state index in [2.05, 4.69) is 18.7 Å². The molecule has 0 saturated carbocycles. The molecule has 1 N–H and O–H groups in total. The Labute approximate surface area is 107 Å². The summed E-state index contributed by atoms with van der Waals surface area (Å²) in [7, 11) is 1.49. The third-order valence-corrected chi connectivity index (χ3v) is 3.66. The second-order valence-electron chi connectivity index (χ2n) is 4.87. The summed E-state index contributed by atoms with van der Waals surface area (Å²) in [5.41, 5.74) is 1.19. The van der Waals surface area contributed by atoms with Crippen LogP contribution in [0.5, 0.6) is 5.75 Å². The van der Waals surface area contributed by atoms with Gasteiger partial charge in [-0.2, -0.15) is 0 Å². The van der Waals surface area contributed by atoms with E-state index >= 15 is 0 Å². The standard InChI is InChI=1S/C14H19NO3/c1-9-4-5-10(2)15(9)11-6-7-13(18-3)12(8-11)14(16)17/h6-10H,4-5H2,1-3H3,(H,16,17)/t9-,10+. The van der Waals surface area contributed by atoms with Crippen LogP contribution < -0.4 is 9.64 Å². The predicted octanol–water partition coefficient (Wildman–Crippen LogP) is 2.77. The molecule has 1 aliphatic rings. The monoisotopic (exact) mass is 249 g/mol. The van der Waals surface area contributed by atoms with Crippen LogP contribution in [0.25, 0.3) is 0 Å². The van der Waals surface area contributed by atoms with E-state index in [0.717, 1.165) is 18.5 Å². The lowest BCUT2D eigenvalue weighted by Crippen LogP contribution is -2.32. The highest BCUT2D eigenvalue weighted by molar-refractivity contribution is 5.92. The number of nitrogens with zero attached hydrogens (tertiary/aromatic N) is 1. The van der Waals surface area contributed by atoms with Gasteiger partial charge in [0.25, 0.3) is 0 Å². The van der Waals surface area contributed by atoms with Gasteiger partial charge in [-0.1, -0.05) is 0 Å². The Morgan fingerprint density at radius 3 is 2.44 bits per heavy atom. The lowest BCUT2D eigenvalue weighted by atomic mass is 10.1. The van der Waals surface area contributed by atoms with E-state index in [4.69, 9.17) is 4.74 Å². The average Bonchev–Trinajstić information content (AvgIpc) is 2.68. The summed E-state index contributed by atoms with van der Waals surface area (Å²) >= 11 is 0. The van der Waals surface area contributed by atoms with Crippen molar-refractivity contribution in [1.29, 1.82) is 0 Å². The summed E-state index contributed by atoms with van der Waals surface area (Å²) in [5, 5.41) is 9.20. The molecular weight excluding hydrogens is 230 g/mol. The summed E-state index contributed by atoms with van der Waals surface area (Å²) in [5.74, 6) is -0.543. The normalized spacial score (nSPS) is 23.2.